The molecule has 0 bridgehead atoms. The molecule has 0 aromatic carbocycles. The highest BCUT2D eigenvalue weighted by atomic mass is 16.5. The third kappa shape index (κ3) is 48.6. The van der Waals surface area contributed by atoms with Crippen molar-refractivity contribution in [2.75, 3.05) is 40.4 Å². The minimum atomic E-state index is -0.738. The Morgan fingerprint density at radius 2 is 0.647 bits per heavy atom. The Balaban J connectivity index is 4.83. The van der Waals surface area contributed by atoms with E-state index in [4.69, 9.17) is 9.47 Å². The summed E-state index contributed by atoms with van der Waals surface area (Å²) in [6.07, 6.45) is 62.8. The number of carbonyl (C=O) groups is 3. The number of hydrogen-bond acceptors (Lipinski definition) is 6. The van der Waals surface area contributed by atoms with E-state index in [1.807, 2.05) is 19.0 Å². The van der Waals surface area contributed by atoms with Crippen molar-refractivity contribution in [2.24, 2.45) is 5.41 Å². The molecule has 0 aliphatic carbocycles. The third-order valence-corrected chi connectivity index (χ3v) is 13.3. The molecule has 0 aromatic heterocycles. The van der Waals surface area contributed by atoms with Gasteiger partial charge < -0.3 is 19.7 Å². The van der Waals surface area contributed by atoms with Gasteiger partial charge in [0.05, 0.1) is 5.41 Å². The lowest BCUT2D eigenvalue weighted by Gasteiger charge is -2.35. The maximum absolute atomic E-state index is 13.2. The summed E-state index contributed by atoms with van der Waals surface area (Å²) in [7, 11) is 3.95. The van der Waals surface area contributed by atoms with Crippen molar-refractivity contribution >= 4 is 17.8 Å². The molecule has 0 heterocycles. The van der Waals surface area contributed by atoms with Crippen molar-refractivity contribution in [2.45, 2.75) is 290 Å². The van der Waals surface area contributed by atoms with E-state index in [2.05, 4.69) is 62.5 Å². The Bertz CT molecular complexity index is 1060. The van der Waals surface area contributed by atoms with Crippen molar-refractivity contribution in [3.8, 4) is 0 Å². The van der Waals surface area contributed by atoms with Gasteiger partial charge in [-0.1, -0.05) is 211 Å². The van der Waals surface area contributed by atoms with E-state index in [-0.39, 0.29) is 37.6 Å². The average molecular weight is 956 g/mol. The number of ether oxygens (including phenoxy) is 2. The predicted octanol–water partition coefficient (Wildman–Crippen LogP) is 17.8. The van der Waals surface area contributed by atoms with Crippen molar-refractivity contribution in [1.29, 1.82) is 0 Å². The molecule has 0 spiro atoms. The molecule has 0 aliphatic rings. The van der Waals surface area contributed by atoms with Crippen LogP contribution in [0, 0.1) is 5.41 Å². The predicted molar refractivity (Wildman–Crippen MR) is 294 cm³/mol. The summed E-state index contributed by atoms with van der Waals surface area (Å²) < 4.78 is 11.9. The monoisotopic (exact) mass is 955 g/mol. The normalized spacial score (nSPS) is 12.1. The van der Waals surface area contributed by atoms with Gasteiger partial charge in [0.25, 0.3) is 0 Å². The minimum Gasteiger partial charge on any atom is -0.465 e. The Morgan fingerprint density at radius 3 is 0.941 bits per heavy atom. The summed E-state index contributed by atoms with van der Waals surface area (Å²) in [5.74, 6) is -0.431. The van der Waals surface area contributed by atoms with Gasteiger partial charge in [-0.15, -0.1) is 0 Å². The molecule has 7 heteroatoms. The van der Waals surface area contributed by atoms with Gasteiger partial charge in [0, 0.05) is 32.4 Å². The van der Waals surface area contributed by atoms with E-state index in [0.29, 0.717) is 25.8 Å². The molecule has 0 unspecified atom stereocenters. The van der Waals surface area contributed by atoms with Gasteiger partial charge in [0.15, 0.2) is 0 Å². The summed E-state index contributed by atoms with van der Waals surface area (Å²) in [6, 6.07) is 0. The van der Waals surface area contributed by atoms with Crippen molar-refractivity contribution in [1.82, 2.24) is 10.2 Å². The molecule has 0 fully saturated rings. The lowest BCUT2D eigenvalue weighted by Crippen LogP contribution is -2.50. The van der Waals surface area contributed by atoms with Crippen LogP contribution in [0.15, 0.2) is 36.5 Å². The first-order valence-corrected chi connectivity index (χ1v) is 29.5. The fraction of sp³-hybridized carbons (Fsp3) is 0.852. The van der Waals surface area contributed by atoms with Crippen molar-refractivity contribution in [3.63, 3.8) is 0 Å². The standard InChI is InChI=1S/C61H114N2O5/c1-6-9-12-15-18-21-24-27-30-33-36-39-42-45-48-51-58(64)62-54-61(55-63(4)5,56-67-59(65)52-49-46-43-40-37-34-31-28-25-22-19-16-13-10-7-2)57-68-60(66)53-50-47-44-41-38-35-32-29-26-23-20-17-14-11-8-3/h27-32H,6-26,33-57H2,1-5H3,(H,62,64)/b30-27-,31-28-,32-29-. The molecule has 7 nitrogen and oxygen atoms in total. The highest BCUT2D eigenvalue weighted by molar-refractivity contribution is 5.76. The first kappa shape index (κ1) is 65.6. The summed E-state index contributed by atoms with van der Waals surface area (Å²) in [6.45, 7) is 7.81. The van der Waals surface area contributed by atoms with Crippen LogP contribution in [-0.2, 0) is 23.9 Å². The fourth-order valence-electron chi connectivity index (χ4n) is 8.98. The zero-order chi connectivity index (χ0) is 49.7. The zero-order valence-electron chi connectivity index (χ0n) is 46.0. The van der Waals surface area contributed by atoms with Crippen LogP contribution in [0.5, 0.6) is 0 Å². The van der Waals surface area contributed by atoms with E-state index >= 15 is 0 Å². The summed E-state index contributed by atoms with van der Waals surface area (Å²) in [5, 5.41) is 3.16. The van der Waals surface area contributed by atoms with Gasteiger partial charge in [-0.05, 0) is 110 Å². The Morgan fingerprint density at radius 1 is 0.382 bits per heavy atom. The molecule has 0 atom stereocenters. The van der Waals surface area contributed by atoms with Crippen LogP contribution in [0.1, 0.15) is 290 Å². The lowest BCUT2D eigenvalue weighted by atomic mass is 9.89. The average Bonchev–Trinajstić information content (AvgIpc) is 3.33. The molecule has 1 N–H and O–H groups in total. The molecule has 0 aromatic rings. The first-order chi connectivity index (χ1) is 33.3. The molecule has 68 heavy (non-hydrogen) atoms. The summed E-state index contributed by atoms with van der Waals surface area (Å²) in [4.78, 5) is 41.3. The number of nitrogens with zero attached hydrogens (tertiary/aromatic N) is 1. The van der Waals surface area contributed by atoms with Crippen LogP contribution in [0.3, 0.4) is 0 Å². The Kier molecular flexibility index (Phi) is 50.6. The van der Waals surface area contributed by atoms with E-state index in [1.165, 1.54) is 173 Å². The second kappa shape index (κ2) is 52.4. The molecule has 1 amide bonds. The molecule has 0 aliphatic heterocycles. The van der Waals surface area contributed by atoms with Crippen LogP contribution in [0.2, 0.25) is 0 Å². The van der Waals surface area contributed by atoms with Crippen LogP contribution in [-0.4, -0.2) is 63.1 Å². The van der Waals surface area contributed by atoms with Gasteiger partial charge in [-0.3, -0.25) is 14.4 Å². The number of hydrogen-bond donors (Lipinski definition) is 1. The number of esters is 2. The van der Waals surface area contributed by atoms with Crippen molar-refractivity contribution < 1.29 is 23.9 Å². The topological polar surface area (TPSA) is 84.9 Å². The van der Waals surface area contributed by atoms with E-state index in [0.717, 1.165) is 77.0 Å². The molecule has 398 valence electrons. The molecular formula is C61H114N2O5. The van der Waals surface area contributed by atoms with Crippen LogP contribution in [0.25, 0.3) is 0 Å². The van der Waals surface area contributed by atoms with Crippen LogP contribution < -0.4 is 5.32 Å². The number of rotatable bonds is 53. The van der Waals surface area contributed by atoms with Gasteiger partial charge in [-0.2, -0.15) is 0 Å². The molecule has 0 saturated carbocycles. The third-order valence-electron chi connectivity index (χ3n) is 13.3. The smallest absolute Gasteiger partial charge is 0.305 e. The Labute approximate surface area is 423 Å². The maximum atomic E-state index is 13.2. The molecular weight excluding hydrogens is 841 g/mol. The summed E-state index contributed by atoms with van der Waals surface area (Å²) in [5.41, 5.74) is -0.738. The number of unbranched alkanes of at least 4 members (excludes halogenated alkanes) is 33. The molecule has 0 rings (SSSR count). The van der Waals surface area contributed by atoms with Gasteiger partial charge in [0.2, 0.25) is 5.91 Å². The number of nitrogens with one attached hydrogen (secondary N) is 1. The van der Waals surface area contributed by atoms with Gasteiger partial charge in [0.1, 0.15) is 13.2 Å². The second-order valence-electron chi connectivity index (χ2n) is 20.8. The zero-order valence-corrected chi connectivity index (χ0v) is 46.0. The summed E-state index contributed by atoms with van der Waals surface area (Å²) >= 11 is 0. The second-order valence-corrected chi connectivity index (χ2v) is 20.8. The lowest BCUT2D eigenvalue weighted by molar-refractivity contribution is -0.155. The quantitative estimate of drug-likeness (QED) is 0.0371. The van der Waals surface area contributed by atoms with Crippen LogP contribution in [0.4, 0.5) is 0 Å². The van der Waals surface area contributed by atoms with Crippen LogP contribution >= 0.6 is 0 Å². The van der Waals surface area contributed by atoms with E-state index < -0.39 is 5.41 Å². The fourth-order valence-corrected chi connectivity index (χ4v) is 8.98. The van der Waals surface area contributed by atoms with Crippen molar-refractivity contribution in [3.05, 3.63) is 36.5 Å². The minimum absolute atomic E-state index is 0.00463. The molecule has 0 saturated heterocycles. The van der Waals surface area contributed by atoms with E-state index in [9.17, 15) is 14.4 Å². The number of allylic oxidation sites excluding steroid dienone is 6. The Hall–Kier alpha value is -2.41. The highest BCUT2D eigenvalue weighted by Gasteiger charge is 2.35. The van der Waals surface area contributed by atoms with Gasteiger partial charge in [-0.25, -0.2) is 0 Å². The first-order valence-electron chi connectivity index (χ1n) is 29.5. The SMILES string of the molecule is CCCCCCCC/C=C\CCCCCCCC(=O)NCC(COC(=O)CCCCCCC/C=C\CCCCCCCC)(COC(=O)CCCCCCC/C=C\CCCCCCCC)CN(C)C. The number of carbonyl (C=O) groups excluding carboxylic acids is 3. The number of amides is 1. The highest BCUT2D eigenvalue weighted by Crippen LogP contribution is 2.22. The van der Waals surface area contributed by atoms with E-state index in [1.54, 1.807) is 0 Å². The molecule has 0 radical (unpaired) electrons. The largest absolute Gasteiger partial charge is 0.465 e. The van der Waals surface area contributed by atoms with Gasteiger partial charge >= 0.3 is 11.9 Å². The maximum Gasteiger partial charge on any atom is 0.305 e.